The minimum absolute atomic E-state index is 0.216. The summed E-state index contributed by atoms with van der Waals surface area (Å²) in [5.74, 6) is 0.386. The van der Waals surface area contributed by atoms with Gasteiger partial charge in [0.1, 0.15) is 5.82 Å². The van der Waals surface area contributed by atoms with Crippen molar-refractivity contribution in [1.82, 2.24) is 0 Å². The molecule has 3 rings (SSSR count). The van der Waals surface area contributed by atoms with Crippen LogP contribution in [-0.2, 0) is 0 Å². The van der Waals surface area contributed by atoms with Gasteiger partial charge in [-0.2, -0.15) is 0 Å². The second kappa shape index (κ2) is 5.37. The minimum Gasteiger partial charge on any atom is -0.320 e. The van der Waals surface area contributed by atoms with Crippen molar-refractivity contribution in [3.8, 4) is 0 Å². The number of hydrogen-bond donors (Lipinski definition) is 1. The van der Waals surface area contributed by atoms with Crippen molar-refractivity contribution in [2.45, 2.75) is 38.1 Å². The molecule has 0 amide bonds. The molecule has 2 aromatic carbocycles. The molecule has 1 saturated carbocycles. The molecule has 0 spiro atoms. The molecule has 2 heteroatoms. The molecule has 104 valence electrons. The zero-order valence-corrected chi connectivity index (χ0v) is 11.8. The average molecular weight is 269 g/mol. The van der Waals surface area contributed by atoms with Crippen molar-refractivity contribution in [3.05, 3.63) is 70.5 Å². The van der Waals surface area contributed by atoms with E-state index in [4.69, 9.17) is 5.73 Å². The molecule has 0 radical (unpaired) electrons. The third-order valence-corrected chi connectivity index (χ3v) is 4.36. The number of aryl methyl sites for hydroxylation is 1. The fraction of sp³-hybridized carbons (Fsp3) is 0.333. The average Bonchev–Trinajstić information content (AvgIpc) is 2.39. The first-order valence-corrected chi connectivity index (χ1v) is 7.27. The fourth-order valence-corrected chi connectivity index (χ4v) is 2.95. The standard InChI is InChI=1S/C18H20FN/c1-12-9-10-17(19)16(11-12)18(20)15-8-3-2-7-14(15)13-5-4-6-13/h2-3,7-11,13,18H,4-6,20H2,1H3. The molecular formula is C18H20FN. The number of benzene rings is 2. The normalized spacial score (nSPS) is 16.8. The van der Waals surface area contributed by atoms with Crippen molar-refractivity contribution in [1.29, 1.82) is 0 Å². The van der Waals surface area contributed by atoms with Crippen LogP contribution in [0.5, 0.6) is 0 Å². The SMILES string of the molecule is Cc1ccc(F)c(C(N)c2ccccc2C2CCC2)c1. The Morgan fingerprint density at radius 1 is 1.10 bits per heavy atom. The van der Waals surface area contributed by atoms with Crippen LogP contribution in [0, 0.1) is 12.7 Å². The van der Waals surface area contributed by atoms with Crippen LogP contribution in [0.4, 0.5) is 4.39 Å². The van der Waals surface area contributed by atoms with E-state index in [9.17, 15) is 4.39 Å². The Balaban J connectivity index is 2.01. The van der Waals surface area contributed by atoms with Crippen LogP contribution >= 0.6 is 0 Å². The van der Waals surface area contributed by atoms with Gasteiger partial charge >= 0.3 is 0 Å². The number of hydrogen-bond acceptors (Lipinski definition) is 1. The summed E-state index contributed by atoms with van der Waals surface area (Å²) in [4.78, 5) is 0. The minimum atomic E-state index is -0.383. The van der Waals surface area contributed by atoms with E-state index < -0.39 is 0 Å². The Morgan fingerprint density at radius 2 is 1.85 bits per heavy atom. The van der Waals surface area contributed by atoms with Crippen molar-refractivity contribution < 1.29 is 4.39 Å². The van der Waals surface area contributed by atoms with Crippen molar-refractivity contribution in [2.24, 2.45) is 5.73 Å². The van der Waals surface area contributed by atoms with Crippen LogP contribution in [0.25, 0.3) is 0 Å². The molecule has 1 aliphatic carbocycles. The number of rotatable bonds is 3. The van der Waals surface area contributed by atoms with E-state index in [1.807, 2.05) is 25.1 Å². The molecule has 2 aromatic rings. The van der Waals surface area contributed by atoms with Gasteiger partial charge in [-0.1, -0.05) is 48.4 Å². The lowest BCUT2D eigenvalue weighted by atomic mass is 9.76. The summed E-state index contributed by atoms with van der Waals surface area (Å²) in [6.07, 6.45) is 3.73. The van der Waals surface area contributed by atoms with Crippen LogP contribution in [0.15, 0.2) is 42.5 Å². The lowest BCUT2D eigenvalue weighted by Crippen LogP contribution is -2.19. The maximum Gasteiger partial charge on any atom is 0.128 e. The van der Waals surface area contributed by atoms with E-state index in [2.05, 4.69) is 12.1 Å². The van der Waals surface area contributed by atoms with Gasteiger partial charge < -0.3 is 5.73 Å². The van der Waals surface area contributed by atoms with Gasteiger partial charge in [0.25, 0.3) is 0 Å². The molecule has 0 aromatic heterocycles. The summed E-state index contributed by atoms with van der Waals surface area (Å²) >= 11 is 0. The Kier molecular flexibility index (Phi) is 3.58. The zero-order chi connectivity index (χ0) is 14.1. The molecule has 0 saturated heterocycles. The zero-order valence-electron chi connectivity index (χ0n) is 11.8. The highest BCUT2D eigenvalue weighted by Crippen LogP contribution is 2.40. The molecule has 1 unspecified atom stereocenters. The number of nitrogens with two attached hydrogens (primary N) is 1. The Labute approximate surface area is 119 Å². The van der Waals surface area contributed by atoms with E-state index in [0.29, 0.717) is 11.5 Å². The van der Waals surface area contributed by atoms with Crippen LogP contribution in [-0.4, -0.2) is 0 Å². The van der Waals surface area contributed by atoms with Crippen LogP contribution < -0.4 is 5.73 Å². The second-order valence-corrected chi connectivity index (χ2v) is 5.76. The van der Waals surface area contributed by atoms with Gasteiger partial charge in [0.15, 0.2) is 0 Å². The Hall–Kier alpha value is -1.67. The summed E-state index contributed by atoms with van der Waals surface area (Å²) in [6.45, 7) is 1.97. The van der Waals surface area contributed by atoms with Gasteiger partial charge in [0.05, 0.1) is 6.04 Å². The molecule has 1 nitrogen and oxygen atoms in total. The molecule has 1 fully saturated rings. The summed E-state index contributed by atoms with van der Waals surface area (Å²) < 4.78 is 14.1. The highest BCUT2D eigenvalue weighted by molar-refractivity contribution is 5.41. The lowest BCUT2D eigenvalue weighted by Gasteiger charge is -2.29. The van der Waals surface area contributed by atoms with E-state index in [1.54, 1.807) is 6.07 Å². The summed E-state index contributed by atoms with van der Waals surface area (Å²) in [6, 6.07) is 13.0. The predicted octanol–water partition coefficient (Wildman–Crippen LogP) is 4.45. The monoisotopic (exact) mass is 269 g/mol. The van der Waals surface area contributed by atoms with Gasteiger partial charge in [0.2, 0.25) is 0 Å². The topological polar surface area (TPSA) is 26.0 Å². The quantitative estimate of drug-likeness (QED) is 0.875. The number of halogens is 1. The molecule has 0 aliphatic heterocycles. The second-order valence-electron chi connectivity index (χ2n) is 5.76. The largest absolute Gasteiger partial charge is 0.320 e. The first kappa shape index (κ1) is 13.3. The van der Waals surface area contributed by atoms with Crippen molar-refractivity contribution in [3.63, 3.8) is 0 Å². The molecule has 1 atom stereocenters. The first-order chi connectivity index (χ1) is 9.66. The lowest BCUT2D eigenvalue weighted by molar-refractivity contribution is 0.416. The summed E-state index contributed by atoms with van der Waals surface area (Å²) in [5, 5.41) is 0. The highest BCUT2D eigenvalue weighted by Gasteiger charge is 2.25. The van der Waals surface area contributed by atoms with E-state index in [-0.39, 0.29) is 11.9 Å². The van der Waals surface area contributed by atoms with Gasteiger partial charge in [-0.25, -0.2) is 4.39 Å². The fourth-order valence-electron chi connectivity index (χ4n) is 2.95. The van der Waals surface area contributed by atoms with Crippen molar-refractivity contribution >= 4 is 0 Å². The third-order valence-electron chi connectivity index (χ3n) is 4.36. The molecule has 20 heavy (non-hydrogen) atoms. The van der Waals surface area contributed by atoms with Gasteiger partial charge in [-0.15, -0.1) is 0 Å². The van der Waals surface area contributed by atoms with E-state index in [0.717, 1.165) is 11.1 Å². The Bertz CT molecular complexity index is 617. The Morgan fingerprint density at radius 3 is 2.55 bits per heavy atom. The first-order valence-electron chi connectivity index (χ1n) is 7.27. The summed E-state index contributed by atoms with van der Waals surface area (Å²) in [7, 11) is 0. The highest BCUT2D eigenvalue weighted by atomic mass is 19.1. The van der Waals surface area contributed by atoms with Gasteiger partial charge in [0, 0.05) is 5.56 Å². The maximum absolute atomic E-state index is 14.1. The molecule has 1 aliphatic rings. The van der Waals surface area contributed by atoms with Crippen LogP contribution in [0.2, 0.25) is 0 Å². The van der Waals surface area contributed by atoms with Gasteiger partial charge in [-0.05, 0) is 42.9 Å². The summed E-state index contributed by atoms with van der Waals surface area (Å²) in [5.41, 5.74) is 10.4. The van der Waals surface area contributed by atoms with Gasteiger partial charge in [-0.3, -0.25) is 0 Å². The van der Waals surface area contributed by atoms with Crippen LogP contribution in [0.1, 0.15) is 53.5 Å². The van der Waals surface area contributed by atoms with E-state index >= 15 is 0 Å². The third kappa shape index (κ3) is 2.36. The molecule has 0 bridgehead atoms. The molecular weight excluding hydrogens is 249 g/mol. The predicted molar refractivity (Wildman–Crippen MR) is 80.2 cm³/mol. The smallest absolute Gasteiger partial charge is 0.128 e. The van der Waals surface area contributed by atoms with Crippen molar-refractivity contribution in [2.75, 3.05) is 0 Å². The molecule has 2 N–H and O–H groups in total. The van der Waals surface area contributed by atoms with Crippen LogP contribution in [0.3, 0.4) is 0 Å². The van der Waals surface area contributed by atoms with E-state index in [1.165, 1.54) is 30.9 Å². The maximum atomic E-state index is 14.1. The molecule has 0 heterocycles.